The van der Waals surface area contributed by atoms with E-state index in [-0.39, 0.29) is 18.3 Å². The first kappa shape index (κ1) is 16.1. The number of rotatable bonds is 4. The molecule has 2 rings (SSSR count). The molecule has 0 saturated carbocycles. The van der Waals surface area contributed by atoms with Gasteiger partial charge in [0.25, 0.3) is 0 Å². The highest BCUT2D eigenvalue weighted by Gasteiger charge is 2.18. The second-order valence-corrected chi connectivity index (χ2v) is 5.94. The molecule has 1 unspecified atom stereocenters. The van der Waals surface area contributed by atoms with Crippen LogP contribution in [0.3, 0.4) is 0 Å². The number of hydrogen-bond donors (Lipinski definition) is 2. The Morgan fingerprint density at radius 1 is 1.39 bits per heavy atom. The van der Waals surface area contributed by atoms with Gasteiger partial charge in [0, 0.05) is 50.3 Å². The standard InChI is InChI=1S/C12H22N2O2S.ClH/c15-12(7-11-9-17-6-3-13-11)14-8-10-1-4-16-5-2-10;/h10-11,13H,1-9H2,(H,14,15);1H. The maximum Gasteiger partial charge on any atom is 0.221 e. The number of nitrogens with one attached hydrogen (secondary N) is 2. The number of ether oxygens (including phenoxy) is 1. The Hall–Kier alpha value is 0.0300. The Morgan fingerprint density at radius 2 is 2.17 bits per heavy atom. The van der Waals surface area contributed by atoms with E-state index in [9.17, 15) is 4.79 Å². The molecule has 0 aromatic heterocycles. The van der Waals surface area contributed by atoms with E-state index in [1.165, 1.54) is 5.75 Å². The molecular weight excluding hydrogens is 272 g/mol. The van der Waals surface area contributed by atoms with Crippen LogP contribution in [0.25, 0.3) is 0 Å². The minimum Gasteiger partial charge on any atom is -0.381 e. The van der Waals surface area contributed by atoms with Crippen molar-refractivity contribution in [1.29, 1.82) is 0 Å². The van der Waals surface area contributed by atoms with Crippen molar-refractivity contribution in [2.75, 3.05) is 37.8 Å². The molecule has 6 heteroatoms. The predicted octanol–water partition coefficient (Wildman–Crippen LogP) is 1.05. The van der Waals surface area contributed by atoms with Gasteiger partial charge in [-0.25, -0.2) is 0 Å². The predicted molar refractivity (Wildman–Crippen MR) is 77.5 cm³/mol. The maximum absolute atomic E-state index is 11.8. The molecule has 0 radical (unpaired) electrons. The summed E-state index contributed by atoms with van der Waals surface area (Å²) in [6, 6.07) is 0.364. The lowest BCUT2D eigenvalue weighted by Gasteiger charge is -2.24. The Kier molecular flexibility index (Phi) is 8.06. The van der Waals surface area contributed by atoms with E-state index in [1.54, 1.807) is 0 Å². The lowest BCUT2D eigenvalue weighted by molar-refractivity contribution is -0.121. The fourth-order valence-electron chi connectivity index (χ4n) is 2.26. The van der Waals surface area contributed by atoms with Gasteiger partial charge in [-0.15, -0.1) is 12.4 Å². The van der Waals surface area contributed by atoms with E-state index >= 15 is 0 Å². The first-order chi connectivity index (χ1) is 8.34. The van der Waals surface area contributed by atoms with Crippen molar-refractivity contribution in [3.05, 3.63) is 0 Å². The smallest absolute Gasteiger partial charge is 0.221 e. The number of halogens is 1. The number of carbonyl (C=O) groups is 1. The van der Waals surface area contributed by atoms with Gasteiger partial charge < -0.3 is 15.4 Å². The van der Waals surface area contributed by atoms with Gasteiger partial charge in [0.15, 0.2) is 0 Å². The average Bonchev–Trinajstić information content (AvgIpc) is 2.39. The molecule has 2 saturated heterocycles. The van der Waals surface area contributed by atoms with E-state index in [2.05, 4.69) is 10.6 Å². The lowest BCUT2D eigenvalue weighted by Crippen LogP contribution is -2.42. The first-order valence-electron chi connectivity index (χ1n) is 6.50. The van der Waals surface area contributed by atoms with Crippen molar-refractivity contribution in [2.24, 2.45) is 5.92 Å². The fraction of sp³-hybridized carbons (Fsp3) is 0.917. The van der Waals surface area contributed by atoms with Crippen molar-refractivity contribution < 1.29 is 9.53 Å². The highest BCUT2D eigenvalue weighted by molar-refractivity contribution is 7.99. The van der Waals surface area contributed by atoms with Crippen LogP contribution >= 0.6 is 24.2 Å². The van der Waals surface area contributed by atoms with E-state index < -0.39 is 0 Å². The normalized spacial score (nSPS) is 25.2. The largest absolute Gasteiger partial charge is 0.381 e. The molecular formula is C12H23ClN2O2S. The molecule has 2 N–H and O–H groups in total. The third kappa shape index (κ3) is 5.78. The number of hydrogen-bond acceptors (Lipinski definition) is 4. The Balaban J connectivity index is 0.00000162. The van der Waals surface area contributed by atoms with Crippen molar-refractivity contribution in [3.8, 4) is 0 Å². The molecule has 0 aromatic carbocycles. The molecule has 0 bridgehead atoms. The fourth-order valence-corrected chi connectivity index (χ4v) is 3.20. The number of thioether (sulfide) groups is 1. The van der Waals surface area contributed by atoms with E-state index in [4.69, 9.17) is 4.74 Å². The second kappa shape index (κ2) is 9.02. The minimum atomic E-state index is 0. The van der Waals surface area contributed by atoms with Crippen LogP contribution in [0.1, 0.15) is 19.3 Å². The summed E-state index contributed by atoms with van der Waals surface area (Å²) in [6.07, 6.45) is 2.78. The van der Waals surface area contributed by atoms with Gasteiger partial charge in [-0.05, 0) is 18.8 Å². The molecule has 2 aliphatic rings. The second-order valence-electron chi connectivity index (χ2n) is 4.79. The molecule has 18 heavy (non-hydrogen) atoms. The molecule has 2 fully saturated rings. The van der Waals surface area contributed by atoms with Gasteiger partial charge in [0.05, 0.1) is 0 Å². The van der Waals surface area contributed by atoms with Crippen LogP contribution in [0.4, 0.5) is 0 Å². The highest BCUT2D eigenvalue weighted by atomic mass is 35.5. The molecule has 0 aromatic rings. The van der Waals surface area contributed by atoms with Crippen LogP contribution in [-0.4, -0.2) is 49.8 Å². The third-order valence-corrected chi connectivity index (χ3v) is 4.49. The first-order valence-corrected chi connectivity index (χ1v) is 7.65. The summed E-state index contributed by atoms with van der Waals surface area (Å²) in [7, 11) is 0. The maximum atomic E-state index is 11.8. The van der Waals surface area contributed by atoms with Crippen molar-refractivity contribution in [3.63, 3.8) is 0 Å². The summed E-state index contributed by atoms with van der Waals surface area (Å²) in [5, 5.41) is 6.44. The van der Waals surface area contributed by atoms with Crippen LogP contribution in [0.2, 0.25) is 0 Å². The molecule has 0 aliphatic carbocycles. The monoisotopic (exact) mass is 294 g/mol. The van der Waals surface area contributed by atoms with Gasteiger partial charge in [0.1, 0.15) is 0 Å². The topological polar surface area (TPSA) is 50.4 Å². The molecule has 1 amide bonds. The summed E-state index contributed by atoms with van der Waals surface area (Å²) in [5.74, 6) is 3.03. The van der Waals surface area contributed by atoms with Gasteiger partial charge in [-0.2, -0.15) is 11.8 Å². The lowest BCUT2D eigenvalue weighted by atomic mass is 10.0. The van der Waals surface area contributed by atoms with Gasteiger partial charge >= 0.3 is 0 Å². The van der Waals surface area contributed by atoms with Gasteiger partial charge in [0.2, 0.25) is 5.91 Å². The number of carbonyl (C=O) groups excluding carboxylic acids is 1. The van der Waals surface area contributed by atoms with Crippen LogP contribution in [0.15, 0.2) is 0 Å². The Labute approximate surface area is 119 Å². The molecule has 2 heterocycles. The molecule has 4 nitrogen and oxygen atoms in total. The third-order valence-electron chi connectivity index (χ3n) is 3.36. The van der Waals surface area contributed by atoms with Crippen LogP contribution in [0.5, 0.6) is 0 Å². The number of amides is 1. The summed E-state index contributed by atoms with van der Waals surface area (Å²) < 4.78 is 5.30. The summed E-state index contributed by atoms with van der Waals surface area (Å²) in [5.41, 5.74) is 0. The van der Waals surface area contributed by atoms with Crippen LogP contribution in [0, 0.1) is 5.92 Å². The minimum absolute atomic E-state index is 0. The van der Waals surface area contributed by atoms with Gasteiger partial charge in [-0.3, -0.25) is 4.79 Å². The van der Waals surface area contributed by atoms with Crippen molar-refractivity contribution >= 4 is 30.1 Å². The molecule has 106 valence electrons. The zero-order valence-electron chi connectivity index (χ0n) is 10.7. The zero-order valence-corrected chi connectivity index (χ0v) is 12.3. The highest BCUT2D eigenvalue weighted by Crippen LogP contribution is 2.14. The Bertz CT molecular complexity index is 244. The zero-order chi connectivity index (χ0) is 11.9. The van der Waals surface area contributed by atoms with Crippen molar-refractivity contribution in [1.82, 2.24) is 10.6 Å². The SMILES string of the molecule is Cl.O=C(CC1CSCCN1)NCC1CCOCC1. The summed E-state index contributed by atoms with van der Waals surface area (Å²) in [4.78, 5) is 11.8. The Morgan fingerprint density at radius 3 is 2.83 bits per heavy atom. The van der Waals surface area contributed by atoms with E-state index in [1.807, 2.05) is 11.8 Å². The van der Waals surface area contributed by atoms with Gasteiger partial charge in [-0.1, -0.05) is 0 Å². The van der Waals surface area contributed by atoms with Crippen molar-refractivity contribution in [2.45, 2.75) is 25.3 Å². The summed E-state index contributed by atoms with van der Waals surface area (Å²) >= 11 is 1.93. The summed E-state index contributed by atoms with van der Waals surface area (Å²) in [6.45, 7) is 3.55. The molecule has 2 aliphatic heterocycles. The van der Waals surface area contributed by atoms with Crippen LogP contribution < -0.4 is 10.6 Å². The molecule has 0 spiro atoms. The average molecular weight is 295 g/mol. The quantitative estimate of drug-likeness (QED) is 0.814. The van der Waals surface area contributed by atoms with E-state index in [0.717, 1.165) is 44.9 Å². The van der Waals surface area contributed by atoms with E-state index in [0.29, 0.717) is 18.4 Å². The van der Waals surface area contributed by atoms with Crippen LogP contribution in [-0.2, 0) is 9.53 Å². The molecule has 1 atom stereocenters.